The molecule has 18 heavy (non-hydrogen) atoms. The molecule has 7 heteroatoms. The molecule has 0 aliphatic rings. The lowest BCUT2D eigenvalue weighted by Crippen LogP contribution is -2.11. The molecule has 0 radical (unpaired) electrons. The van der Waals surface area contributed by atoms with Crippen molar-refractivity contribution in [2.24, 2.45) is 0 Å². The minimum atomic E-state index is -0.439. The maximum atomic E-state index is 11.9. The lowest BCUT2D eigenvalue weighted by Gasteiger charge is -2.05. The fourth-order valence-corrected chi connectivity index (χ4v) is 1.91. The number of hydrogen-bond acceptors (Lipinski definition) is 6. The number of aryl methyl sites for hydroxylation is 1. The van der Waals surface area contributed by atoms with Gasteiger partial charge in [0, 0.05) is 17.6 Å². The number of ether oxygens (including phenoxy) is 1. The van der Waals surface area contributed by atoms with E-state index in [4.69, 9.17) is 4.74 Å². The third-order valence-electron chi connectivity index (χ3n) is 2.20. The zero-order valence-corrected chi connectivity index (χ0v) is 10.6. The van der Waals surface area contributed by atoms with E-state index in [-0.39, 0.29) is 11.3 Å². The number of nitrogens with zero attached hydrogens (tertiary/aromatic N) is 2. The van der Waals surface area contributed by atoms with Gasteiger partial charge in [-0.3, -0.25) is 10.1 Å². The molecule has 0 aliphatic carbocycles. The van der Waals surface area contributed by atoms with Gasteiger partial charge in [0.05, 0.1) is 12.7 Å². The lowest BCUT2D eigenvalue weighted by atomic mass is 10.2. The molecule has 0 saturated heterocycles. The summed E-state index contributed by atoms with van der Waals surface area (Å²) in [6, 6.07) is 4.46. The highest BCUT2D eigenvalue weighted by molar-refractivity contribution is 7.09. The van der Waals surface area contributed by atoms with Crippen molar-refractivity contribution in [3.8, 4) is 11.5 Å². The van der Waals surface area contributed by atoms with E-state index in [1.54, 1.807) is 13.0 Å². The number of phenolic OH excluding ortho intramolecular Hbond substituents is 1. The van der Waals surface area contributed by atoms with Gasteiger partial charge >= 0.3 is 0 Å². The maximum absolute atomic E-state index is 11.9. The highest BCUT2D eigenvalue weighted by atomic mass is 32.1. The van der Waals surface area contributed by atoms with E-state index in [0.717, 1.165) is 11.5 Å². The second-order valence-corrected chi connectivity index (χ2v) is 4.24. The average Bonchev–Trinajstić information content (AvgIpc) is 2.74. The highest BCUT2D eigenvalue weighted by Gasteiger charge is 2.13. The molecular weight excluding hydrogens is 254 g/mol. The van der Waals surface area contributed by atoms with E-state index < -0.39 is 5.91 Å². The number of hydrogen-bond donors (Lipinski definition) is 2. The molecule has 1 aromatic carbocycles. The van der Waals surface area contributed by atoms with Crippen molar-refractivity contribution in [2.45, 2.75) is 6.92 Å². The summed E-state index contributed by atoms with van der Waals surface area (Å²) in [6.07, 6.45) is 0. The van der Waals surface area contributed by atoms with Crippen molar-refractivity contribution in [1.82, 2.24) is 9.36 Å². The molecule has 0 aliphatic heterocycles. The predicted molar refractivity (Wildman–Crippen MR) is 67.3 cm³/mol. The van der Waals surface area contributed by atoms with Crippen LogP contribution in [-0.4, -0.2) is 27.5 Å². The van der Waals surface area contributed by atoms with E-state index in [9.17, 15) is 9.90 Å². The van der Waals surface area contributed by atoms with Crippen molar-refractivity contribution in [3.63, 3.8) is 0 Å². The van der Waals surface area contributed by atoms with Crippen LogP contribution >= 0.6 is 11.5 Å². The molecule has 94 valence electrons. The second-order valence-electron chi connectivity index (χ2n) is 3.48. The topological polar surface area (TPSA) is 84.3 Å². The van der Waals surface area contributed by atoms with Gasteiger partial charge in [-0.1, -0.05) is 0 Å². The number of methoxy groups -OCH3 is 1. The molecule has 1 aromatic heterocycles. The van der Waals surface area contributed by atoms with Gasteiger partial charge in [-0.05, 0) is 19.1 Å². The van der Waals surface area contributed by atoms with E-state index >= 15 is 0 Å². The van der Waals surface area contributed by atoms with Gasteiger partial charge in [0.25, 0.3) is 5.91 Å². The Kier molecular flexibility index (Phi) is 3.42. The maximum Gasteiger partial charge on any atom is 0.261 e. The molecule has 0 spiro atoms. The van der Waals surface area contributed by atoms with E-state index in [1.807, 2.05) is 0 Å². The molecule has 1 heterocycles. The third-order valence-corrected chi connectivity index (χ3v) is 2.92. The van der Waals surface area contributed by atoms with Gasteiger partial charge in [-0.25, -0.2) is 4.98 Å². The van der Waals surface area contributed by atoms with Gasteiger partial charge in [-0.15, -0.1) is 0 Å². The van der Waals surface area contributed by atoms with Crippen molar-refractivity contribution in [3.05, 3.63) is 29.6 Å². The molecule has 0 atom stereocenters. The van der Waals surface area contributed by atoms with Crippen LogP contribution in [0.1, 0.15) is 16.2 Å². The quantitative estimate of drug-likeness (QED) is 0.884. The second kappa shape index (κ2) is 5.01. The summed E-state index contributed by atoms with van der Waals surface area (Å²) in [4.78, 5) is 15.9. The van der Waals surface area contributed by atoms with Gasteiger partial charge < -0.3 is 9.84 Å². The number of aromatic nitrogens is 2. The SMILES string of the molecule is COc1ccc(C(=O)Nc2nc(C)ns2)c(O)c1. The Hall–Kier alpha value is -2.15. The number of phenols is 1. The molecule has 0 unspecified atom stereocenters. The van der Waals surface area contributed by atoms with Crippen LogP contribution in [-0.2, 0) is 0 Å². The fourth-order valence-electron chi connectivity index (χ4n) is 1.34. The summed E-state index contributed by atoms with van der Waals surface area (Å²) in [5, 5.41) is 12.7. The van der Waals surface area contributed by atoms with Crippen molar-refractivity contribution < 1.29 is 14.6 Å². The number of benzene rings is 1. The van der Waals surface area contributed by atoms with Crippen LogP contribution in [0.25, 0.3) is 0 Å². The summed E-state index contributed by atoms with van der Waals surface area (Å²) < 4.78 is 8.89. The number of nitrogens with one attached hydrogen (secondary N) is 1. The minimum Gasteiger partial charge on any atom is -0.507 e. The Morgan fingerprint density at radius 2 is 2.28 bits per heavy atom. The number of anilines is 1. The van der Waals surface area contributed by atoms with Gasteiger partial charge in [0.15, 0.2) is 0 Å². The van der Waals surface area contributed by atoms with Crippen LogP contribution in [0.15, 0.2) is 18.2 Å². The van der Waals surface area contributed by atoms with E-state index in [2.05, 4.69) is 14.7 Å². The molecule has 2 N–H and O–H groups in total. The summed E-state index contributed by atoms with van der Waals surface area (Å²) in [5.41, 5.74) is 0.156. The summed E-state index contributed by atoms with van der Waals surface area (Å²) in [5.74, 6) is 0.490. The van der Waals surface area contributed by atoms with Gasteiger partial charge in [0.2, 0.25) is 5.13 Å². The first kappa shape index (κ1) is 12.3. The fraction of sp³-hybridized carbons (Fsp3) is 0.182. The van der Waals surface area contributed by atoms with Crippen LogP contribution in [0, 0.1) is 6.92 Å². The Morgan fingerprint density at radius 1 is 1.50 bits per heavy atom. The van der Waals surface area contributed by atoms with Crippen molar-refractivity contribution in [2.75, 3.05) is 12.4 Å². The first-order valence-corrected chi connectivity index (χ1v) is 5.86. The zero-order valence-electron chi connectivity index (χ0n) is 9.80. The molecule has 1 amide bonds. The Bertz CT molecular complexity index is 583. The molecular formula is C11H11N3O3S. The monoisotopic (exact) mass is 265 g/mol. The lowest BCUT2D eigenvalue weighted by molar-refractivity contribution is 0.102. The average molecular weight is 265 g/mol. The Morgan fingerprint density at radius 3 is 2.83 bits per heavy atom. The Labute approximate surface area is 107 Å². The van der Waals surface area contributed by atoms with E-state index in [1.165, 1.54) is 19.2 Å². The number of aromatic hydroxyl groups is 1. The first-order valence-electron chi connectivity index (χ1n) is 5.09. The molecule has 0 bridgehead atoms. The Balaban J connectivity index is 2.18. The molecule has 0 fully saturated rings. The third kappa shape index (κ3) is 2.57. The number of rotatable bonds is 3. The van der Waals surface area contributed by atoms with Crippen LogP contribution in [0.4, 0.5) is 5.13 Å². The van der Waals surface area contributed by atoms with Gasteiger partial charge in [0.1, 0.15) is 17.3 Å². The summed E-state index contributed by atoms with van der Waals surface area (Å²) in [7, 11) is 1.48. The van der Waals surface area contributed by atoms with Gasteiger partial charge in [-0.2, -0.15) is 4.37 Å². The van der Waals surface area contributed by atoms with Crippen molar-refractivity contribution >= 4 is 22.6 Å². The van der Waals surface area contributed by atoms with Crippen LogP contribution in [0.3, 0.4) is 0 Å². The summed E-state index contributed by atoms with van der Waals surface area (Å²) >= 11 is 1.09. The number of carbonyl (C=O) groups excluding carboxylic acids is 1. The van der Waals surface area contributed by atoms with Crippen LogP contribution < -0.4 is 10.1 Å². The molecule has 2 aromatic rings. The largest absolute Gasteiger partial charge is 0.507 e. The molecule has 0 saturated carbocycles. The van der Waals surface area contributed by atoms with E-state index in [0.29, 0.717) is 16.7 Å². The van der Waals surface area contributed by atoms with Crippen LogP contribution in [0.2, 0.25) is 0 Å². The normalized spacial score (nSPS) is 10.1. The smallest absolute Gasteiger partial charge is 0.261 e. The van der Waals surface area contributed by atoms with Crippen LogP contribution in [0.5, 0.6) is 11.5 Å². The number of amides is 1. The number of carbonyl (C=O) groups is 1. The predicted octanol–water partition coefficient (Wildman–Crippen LogP) is 1.81. The van der Waals surface area contributed by atoms with Crippen molar-refractivity contribution in [1.29, 1.82) is 0 Å². The highest BCUT2D eigenvalue weighted by Crippen LogP contribution is 2.24. The molecule has 6 nitrogen and oxygen atoms in total. The molecule has 2 rings (SSSR count). The zero-order chi connectivity index (χ0) is 13.1. The standard InChI is InChI=1S/C11H11N3O3S/c1-6-12-11(18-14-6)13-10(16)8-4-3-7(17-2)5-9(8)15/h3-5,15H,1-2H3,(H,12,13,14,16). The summed E-state index contributed by atoms with van der Waals surface area (Å²) in [6.45, 7) is 1.73. The first-order chi connectivity index (χ1) is 8.60. The minimum absolute atomic E-state index is 0.145.